The number of nitrogens with zero attached hydrogens (tertiary/aromatic N) is 3. The van der Waals surface area contributed by atoms with Gasteiger partial charge in [-0.15, -0.1) is 0 Å². The van der Waals surface area contributed by atoms with Gasteiger partial charge in [0.15, 0.2) is 5.11 Å². The number of nitrogens with one attached hydrogen (secondary N) is 1. The fraction of sp³-hybridized carbons (Fsp3) is 0.346. The lowest BCUT2D eigenvalue weighted by Gasteiger charge is -2.37. The number of aryl methyl sites for hydroxylation is 2. The van der Waals surface area contributed by atoms with Crippen LogP contribution in [0.5, 0.6) is 0 Å². The van der Waals surface area contributed by atoms with Gasteiger partial charge in [-0.1, -0.05) is 53.7 Å². The van der Waals surface area contributed by atoms with Gasteiger partial charge in [0.2, 0.25) is 5.82 Å². The molecule has 0 aliphatic carbocycles. The molecule has 1 aliphatic rings. The highest BCUT2D eigenvalue weighted by atomic mass is 32.1. The molecular weight excluding hydrogens is 432 g/mol. The lowest BCUT2D eigenvalue weighted by atomic mass is 9.92. The van der Waals surface area contributed by atoms with Crippen LogP contribution in [-0.4, -0.2) is 39.9 Å². The summed E-state index contributed by atoms with van der Waals surface area (Å²) in [6, 6.07) is 16.2. The molecule has 0 amide bonds. The SMILES string of the molecule is CCOCCCN1C(=S)NC(c2ccc(C)c(C)c2)C(c2nc(-c3ccccc3)no2)=C1C. The summed E-state index contributed by atoms with van der Waals surface area (Å²) < 4.78 is 11.3. The molecule has 1 aliphatic heterocycles. The Kier molecular flexibility index (Phi) is 7.20. The largest absolute Gasteiger partial charge is 0.382 e. The molecule has 2 heterocycles. The van der Waals surface area contributed by atoms with Crippen LogP contribution in [0, 0.1) is 13.8 Å². The molecule has 6 nitrogen and oxygen atoms in total. The van der Waals surface area contributed by atoms with E-state index in [9.17, 15) is 0 Å². The number of aromatic nitrogens is 2. The minimum absolute atomic E-state index is 0.177. The highest BCUT2D eigenvalue weighted by Crippen LogP contribution is 2.38. The summed E-state index contributed by atoms with van der Waals surface area (Å²) in [5.74, 6) is 1.07. The van der Waals surface area contributed by atoms with Crippen molar-refractivity contribution in [3.63, 3.8) is 0 Å². The fourth-order valence-corrected chi connectivity index (χ4v) is 4.37. The topological polar surface area (TPSA) is 63.4 Å². The van der Waals surface area contributed by atoms with Crippen LogP contribution < -0.4 is 5.32 Å². The molecule has 1 N–H and O–H groups in total. The Morgan fingerprint density at radius 2 is 1.88 bits per heavy atom. The van der Waals surface area contributed by atoms with Crippen molar-refractivity contribution in [2.75, 3.05) is 19.8 Å². The number of ether oxygens (including phenoxy) is 1. The van der Waals surface area contributed by atoms with Gasteiger partial charge in [0.05, 0.1) is 11.6 Å². The first kappa shape index (κ1) is 23.1. The molecular formula is C26H30N4O2S. The number of rotatable bonds is 8. The lowest BCUT2D eigenvalue weighted by molar-refractivity contribution is 0.141. The van der Waals surface area contributed by atoms with Crippen LogP contribution >= 0.6 is 12.2 Å². The molecule has 0 spiro atoms. The highest BCUT2D eigenvalue weighted by molar-refractivity contribution is 7.80. The van der Waals surface area contributed by atoms with Gasteiger partial charge in [-0.2, -0.15) is 4.98 Å². The molecule has 3 aromatic rings. The van der Waals surface area contributed by atoms with E-state index in [1.54, 1.807) is 0 Å². The number of thiocarbonyl (C=S) groups is 1. The summed E-state index contributed by atoms with van der Waals surface area (Å²) in [5, 5.41) is 8.49. The molecule has 0 fully saturated rings. The van der Waals surface area contributed by atoms with Gasteiger partial charge in [0, 0.05) is 31.0 Å². The first-order valence-corrected chi connectivity index (χ1v) is 11.7. The smallest absolute Gasteiger partial charge is 0.258 e. The van der Waals surface area contributed by atoms with E-state index in [0.29, 0.717) is 30.0 Å². The van der Waals surface area contributed by atoms with Gasteiger partial charge in [-0.05, 0) is 63.0 Å². The normalized spacial score (nSPS) is 16.3. The number of allylic oxidation sites excluding steroid dienone is 1. The van der Waals surface area contributed by atoms with E-state index >= 15 is 0 Å². The maximum atomic E-state index is 5.81. The Morgan fingerprint density at radius 3 is 2.61 bits per heavy atom. The zero-order valence-electron chi connectivity index (χ0n) is 19.6. The van der Waals surface area contributed by atoms with Gasteiger partial charge in [-0.25, -0.2) is 0 Å². The van der Waals surface area contributed by atoms with Crippen LogP contribution in [0.4, 0.5) is 0 Å². The molecule has 0 saturated heterocycles. The van der Waals surface area contributed by atoms with Crippen molar-refractivity contribution < 1.29 is 9.26 Å². The highest BCUT2D eigenvalue weighted by Gasteiger charge is 2.34. The summed E-state index contributed by atoms with van der Waals surface area (Å²) in [4.78, 5) is 6.87. The maximum Gasteiger partial charge on any atom is 0.258 e. The lowest BCUT2D eigenvalue weighted by Crippen LogP contribution is -2.46. The molecule has 7 heteroatoms. The van der Waals surface area contributed by atoms with E-state index in [-0.39, 0.29) is 6.04 Å². The Bertz CT molecular complexity index is 1160. The average molecular weight is 463 g/mol. The van der Waals surface area contributed by atoms with E-state index in [1.165, 1.54) is 11.1 Å². The summed E-state index contributed by atoms with van der Waals surface area (Å²) in [6.45, 7) is 10.5. The Morgan fingerprint density at radius 1 is 1.09 bits per heavy atom. The molecule has 1 aromatic heterocycles. The molecule has 1 atom stereocenters. The van der Waals surface area contributed by atoms with Crippen molar-refractivity contribution in [3.8, 4) is 11.4 Å². The average Bonchev–Trinajstić information content (AvgIpc) is 3.30. The van der Waals surface area contributed by atoms with Gasteiger partial charge >= 0.3 is 0 Å². The molecule has 172 valence electrons. The molecule has 33 heavy (non-hydrogen) atoms. The van der Waals surface area contributed by atoms with Crippen molar-refractivity contribution in [2.45, 2.75) is 40.2 Å². The number of benzene rings is 2. The predicted octanol–water partition coefficient (Wildman–Crippen LogP) is 5.44. The number of hydrogen-bond acceptors (Lipinski definition) is 5. The van der Waals surface area contributed by atoms with Gasteiger partial charge < -0.3 is 19.5 Å². The third-order valence-electron chi connectivity index (χ3n) is 6.02. The van der Waals surface area contributed by atoms with Crippen LogP contribution in [0.15, 0.2) is 58.8 Å². The zero-order valence-corrected chi connectivity index (χ0v) is 20.4. The fourth-order valence-electron chi connectivity index (χ4n) is 4.03. The second kappa shape index (κ2) is 10.3. The summed E-state index contributed by atoms with van der Waals surface area (Å²) >= 11 is 5.78. The molecule has 0 saturated carbocycles. The van der Waals surface area contributed by atoms with E-state index in [2.05, 4.69) is 54.3 Å². The van der Waals surface area contributed by atoms with Crippen LogP contribution in [0.25, 0.3) is 17.0 Å². The van der Waals surface area contributed by atoms with E-state index in [0.717, 1.165) is 35.4 Å². The van der Waals surface area contributed by atoms with E-state index < -0.39 is 0 Å². The van der Waals surface area contributed by atoms with E-state index in [4.69, 9.17) is 26.5 Å². The predicted molar refractivity (Wildman–Crippen MR) is 135 cm³/mol. The Hall–Kier alpha value is -3.03. The minimum Gasteiger partial charge on any atom is -0.382 e. The Labute approximate surface area is 200 Å². The maximum absolute atomic E-state index is 5.81. The Balaban J connectivity index is 1.75. The quantitative estimate of drug-likeness (QED) is 0.353. The third-order valence-corrected chi connectivity index (χ3v) is 6.36. The van der Waals surface area contributed by atoms with Crippen molar-refractivity contribution >= 4 is 22.9 Å². The standard InChI is InChI=1S/C26H30N4O2S/c1-5-31-15-9-14-30-19(4)22(25-28-24(29-32-25)20-10-7-6-8-11-20)23(27-26(30)33)21-13-12-17(2)18(3)16-21/h6-8,10-13,16,23H,5,9,14-15H2,1-4H3,(H,27,33). The first-order valence-electron chi connectivity index (χ1n) is 11.3. The third kappa shape index (κ3) is 4.99. The van der Waals surface area contributed by atoms with Crippen molar-refractivity contribution in [1.29, 1.82) is 0 Å². The molecule has 4 rings (SSSR count). The summed E-state index contributed by atoms with van der Waals surface area (Å²) in [6.07, 6.45) is 0.869. The van der Waals surface area contributed by atoms with Crippen LogP contribution in [0.2, 0.25) is 0 Å². The van der Waals surface area contributed by atoms with Crippen molar-refractivity contribution in [2.24, 2.45) is 0 Å². The molecule has 0 radical (unpaired) electrons. The summed E-state index contributed by atoms with van der Waals surface area (Å²) in [5.41, 5.74) is 6.47. The first-order chi connectivity index (χ1) is 16.0. The molecule has 0 bridgehead atoms. The summed E-state index contributed by atoms with van der Waals surface area (Å²) in [7, 11) is 0. The van der Waals surface area contributed by atoms with Crippen molar-refractivity contribution in [3.05, 3.63) is 76.8 Å². The van der Waals surface area contributed by atoms with Crippen molar-refractivity contribution in [1.82, 2.24) is 20.4 Å². The van der Waals surface area contributed by atoms with E-state index in [1.807, 2.05) is 37.3 Å². The van der Waals surface area contributed by atoms with Crippen LogP contribution in [-0.2, 0) is 4.74 Å². The van der Waals surface area contributed by atoms with Crippen LogP contribution in [0.1, 0.15) is 48.9 Å². The molecule has 1 unspecified atom stereocenters. The van der Waals surface area contributed by atoms with Gasteiger partial charge in [0.1, 0.15) is 0 Å². The monoisotopic (exact) mass is 462 g/mol. The zero-order chi connectivity index (χ0) is 23.4. The van der Waals surface area contributed by atoms with Gasteiger partial charge in [-0.3, -0.25) is 0 Å². The van der Waals surface area contributed by atoms with Gasteiger partial charge in [0.25, 0.3) is 5.89 Å². The number of hydrogen-bond donors (Lipinski definition) is 1. The second-order valence-corrected chi connectivity index (χ2v) is 8.60. The van der Waals surface area contributed by atoms with Crippen LogP contribution in [0.3, 0.4) is 0 Å². The second-order valence-electron chi connectivity index (χ2n) is 8.22. The minimum atomic E-state index is -0.177. The molecule has 2 aromatic carbocycles.